The molecular weight excluding hydrogens is 554 g/mol. The van der Waals surface area contributed by atoms with Crippen molar-refractivity contribution in [3.63, 3.8) is 0 Å². The van der Waals surface area contributed by atoms with E-state index in [9.17, 15) is 24.0 Å². The van der Waals surface area contributed by atoms with Gasteiger partial charge in [0.05, 0.1) is 43.8 Å². The average Bonchev–Trinajstić information content (AvgIpc) is 3.19. The smallest absolute Gasteiger partial charge is 0.339 e. The number of amides is 3. The first-order chi connectivity index (χ1) is 19.6. The number of imide groups is 1. The molecule has 0 saturated carbocycles. The predicted molar refractivity (Wildman–Crippen MR) is 150 cm³/mol. The number of halogens is 1. The molecular formula is C29H24ClN3O8. The number of carbonyl (C=O) groups is 5. The number of nitrogens with one attached hydrogen (secondary N) is 2. The predicted octanol–water partition coefficient (Wildman–Crippen LogP) is 4.26. The number of anilines is 3. The first-order valence-corrected chi connectivity index (χ1v) is 12.4. The molecule has 0 spiro atoms. The fourth-order valence-corrected chi connectivity index (χ4v) is 4.20. The van der Waals surface area contributed by atoms with Crippen molar-refractivity contribution >= 4 is 58.3 Å². The van der Waals surface area contributed by atoms with Gasteiger partial charge in [0.15, 0.2) is 0 Å². The highest BCUT2D eigenvalue weighted by atomic mass is 35.5. The summed E-state index contributed by atoms with van der Waals surface area (Å²) in [5.74, 6) is -2.86. The molecule has 11 nitrogen and oxygen atoms in total. The number of hydrogen-bond donors (Lipinski definition) is 2. The Kier molecular flexibility index (Phi) is 8.39. The highest BCUT2D eigenvalue weighted by Crippen LogP contribution is 2.32. The molecule has 0 aromatic heterocycles. The fraction of sp³-hybridized carbons (Fsp3) is 0.138. The molecule has 12 heteroatoms. The average molecular weight is 578 g/mol. The summed E-state index contributed by atoms with van der Waals surface area (Å²) >= 11 is 6.27. The second kappa shape index (κ2) is 11.9. The van der Waals surface area contributed by atoms with Crippen molar-refractivity contribution in [1.29, 1.82) is 0 Å². The van der Waals surface area contributed by atoms with Crippen molar-refractivity contribution < 1.29 is 38.2 Å². The fourth-order valence-electron chi connectivity index (χ4n) is 3.98. The van der Waals surface area contributed by atoms with Crippen LogP contribution in [0.5, 0.6) is 5.75 Å². The SMILES string of the molecule is COC(=O)c1ccc(C(=O)OC)c(NC(=O)c2ccc(C)c(NC3=C(Cl)C(=O)N(c4ccc(OC)cc4)C3=O)c2)c1. The zero-order valence-electron chi connectivity index (χ0n) is 22.4. The highest BCUT2D eigenvalue weighted by Gasteiger charge is 2.39. The number of esters is 2. The van der Waals surface area contributed by atoms with E-state index < -0.39 is 29.7 Å². The van der Waals surface area contributed by atoms with Crippen LogP contribution in [-0.4, -0.2) is 51.0 Å². The molecule has 2 N–H and O–H groups in total. The van der Waals surface area contributed by atoms with Gasteiger partial charge in [-0.2, -0.15) is 0 Å². The Labute approximate surface area is 239 Å². The number of hydrogen-bond acceptors (Lipinski definition) is 9. The van der Waals surface area contributed by atoms with Crippen LogP contribution in [0.4, 0.5) is 17.1 Å². The molecule has 0 saturated heterocycles. The van der Waals surface area contributed by atoms with Crippen molar-refractivity contribution in [3.8, 4) is 5.75 Å². The summed E-state index contributed by atoms with van der Waals surface area (Å²) in [6.07, 6.45) is 0. The van der Waals surface area contributed by atoms with Crippen LogP contribution < -0.4 is 20.3 Å². The molecule has 0 radical (unpaired) electrons. The van der Waals surface area contributed by atoms with E-state index in [4.69, 9.17) is 25.8 Å². The Morgan fingerprint density at radius 2 is 1.41 bits per heavy atom. The Hall–Kier alpha value is -5.16. The summed E-state index contributed by atoms with van der Waals surface area (Å²) < 4.78 is 14.6. The lowest BCUT2D eigenvalue weighted by Gasteiger charge is -2.16. The van der Waals surface area contributed by atoms with E-state index in [2.05, 4.69) is 10.6 Å². The van der Waals surface area contributed by atoms with Gasteiger partial charge in [-0.05, 0) is 67.1 Å². The number of carbonyl (C=O) groups excluding carboxylic acids is 5. The van der Waals surface area contributed by atoms with E-state index in [-0.39, 0.29) is 33.1 Å². The molecule has 0 aliphatic carbocycles. The van der Waals surface area contributed by atoms with Crippen molar-refractivity contribution in [2.24, 2.45) is 0 Å². The summed E-state index contributed by atoms with van der Waals surface area (Å²) in [6.45, 7) is 1.73. The van der Waals surface area contributed by atoms with Crippen LogP contribution in [0.25, 0.3) is 0 Å². The third-order valence-electron chi connectivity index (χ3n) is 6.21. The minimum atomic E-state index is -0.726. The van der Waals surface area contributed by atoms with E-state index >= 15 is 0 Å². The van der Waals surface area contributed by atoms with E-state index in [1.807, 2.05) is 0 Å². The van der Waals surface area contributed by atoms with Crippen molar-refractivity contribution in [2.45, 2.75) is 6.92 Å². The molecule has 1 aliphatic heterocycles. The molecule has 3 amide bonds. The molecule has 4 rings (SSSR count). The maximum atomic E-state index is 13.2. The van der Waals surface area contributed by atoms with E-state index in [1.54, 1.807) is 37.3 Å². The largest absolute Gasteiger partial charge is 0.497 e. The zero-order valence-corrected chi connectivity index (χ0v) is 23.1. The molecule has 0 bridgehead atoms. The number of rotatable bonds is 8. The standard InChI is InChI=1S/C29H24ClN3O8/c1-15-5-6-16(25(34)32-22-14-17(28(37)40-3)7-12-20(22)29(38)41-4)13-21(15)31-24-23(30)26(35)33(27(24)36)18-8-10-19(39-2)11-9-18/h5-14,31H,1-4H3,(H,32,34). The zero-order chi connectivity index (χ0) is 29.8. The molecule has 3 aromatic carbocycles. The van der Waals surface area contributed by atoms with Crippen LogP contribution in [0.1, 0.15) is 36.6 Å². The maximum absolute atomic E-state index is 13.2. The monoisotopic (exact) mass is 577 g/mol. The molecule has 1 heterocycles. The molecule has 3 aromatic rings. The quantitative estimate of drug-likeness (QED) is 0.297. The van der Waals surface area contributed by atoms with Crippen LogP contribution >= 0.6 is 11.6 Å². The van der Waals surface area contributed by atoms with Gasteiger partial charge in [-0.3, -0.25) is 14.4 Å². The van der Waals surface area contributed by atoms with Crippen LogP contribution in [0.2, 0.25) is 0 Å². The molecule has 1 aliphatic rings. The van der Waals surface area contributed by atoms with E-state index in [0.29, 0.717) is 22.7 Å². The second-order valence-electron chi connectivity index (χ2n) is 8.69. The lowest BCUT2D eigenvalue weighted by atomic mass is 10.1. The lowest BCUT2D eigenvalue weighted by molar-refractivity contribution is -0.120. The molecule has 41 heavy (non-hydrogen) atoms. The summed E-state index contributed by atoms with van der Waals surface area (Å²) in [5, 5.41) is 5.18. The summed E-state index contributed by atoms with van der Waals surface area (Å²) in [6, 6.07) is 14.9. The van der Waals surface area contributed by atoms with Gasteiger partial charge in [0, 0.05) is 11.3 Å². The van der Waals surface area contributed by atoms with Gasteiger partial charge in [0.2, 0.25) is 0 Å². The third-order valence-corrected chi connectivity index (χ3v) is 6.56. The van der Waals surface area contributed by atoms with Crippen molar-refractivity contribution in [2.75, 3.05) is 36.9 Å². The van der Waals surface area contributed by atoms with Crippen LogP contribution in [0.3, 0.4) is 0 Å². The van der Waals surface area contributed by atoms with Gasteiger partial charge >= 0.3 is 11.9 Å². The van der Waals surface area contributed by atoms with Gasteiger partial charge in [0.1, 0.15) is 16.5 Å². The summed E-state index contributed by atoms with van der Waals surface area (Å²) in [4.78, 5) is 64.5. The lowest BCUT2D eigenvalue weighted by Crippen LogP contribution is -2.32. The Morgan fingerprint density at radius 3 is 2.05 bits per heavy atom. The first-order valence-electron chi connectivity index (χ1n) is 12.0. The molecule has 0 atom stereocenters. The second-order valence-corrected chi connectivity index (χ2v) is 9.06. The Balaban J connectivity index is 1.61. The number of nitrogens with zero attached hydrogens (tertiary/aromatic N) is 1. The number of benzene rings is 3. The van der Waals surface area contributed by atoms with Gasteiger partial charge in [0.25, 0.3) is 17.7 Å². The van der Waals surface area contributed by atoms with Crippen LogP contribution in [0, 0.1) is 6.92 Å². The van der Waals surface area contributed by atoms with Gasteiger partial charge in [-0.1, -0.05) is 17.7 Å². The minimum Gasteiger partial charge on any atom is -0.497 e. The summed E-state index contributed by atoms with van der Waals surface area (Å²) in [7, 11) is 3.89. The Morgan fingerprint density at radius 1 is 0.780 bits per heavy atom. The van der Waals surface area contributed by atoms with Gasteiger partial charge in [-0.25, -0.2) is 14.5 Å². The molecule has 0 unspecified atom stereocenters. The van der Waals surface area contributed by atoms with Crippen LogP contribution in [-0.2, 0) is 19.1 Å². The first kappa shape index (κ1) is 28.8. The van der Waals surface area contributed by atoms with Gasteiger partial charge in [-0.15, -0.1) is 0 Å². The van der Waals surface area contributed by atoms with Gasteiger partial charge < -0.3 is 24.8 Å². The van der Waals surface area contributed by atoms with E-state index in [1.165, 1.54) is 51.7 Å². The number of ether oxygens (including phenoxy) is 3. The van der Waals surface area contributed by atoms with Crippen molar-refractivity contribution in [3.05, 3.63) is 93.6 Å². The van der Waals surface area contributed by atoms with E-state index in [0.717, 1.165) is 4.90 Å². The highest BCUT2D eigenvalue weighted by molar-refractivity contribution is 6.53. The Bertz CT molecular complexity index is 1610. The number of methoxy groups -OCH3 is 3. The minimum absolute atomic E-state index is 0.0181. The van der Waals surface area contributed by atoms with Crippen molar-refractivity contribution in [1.82, 2.24) is 0 Å². The molecule has 0 fully saturated rings. The molecule has 210 valence electrons. The summed E-state index contributed by atoms with van der Waals surface area (Å²) in [5.41, 5.74) is 1.40. The normalized spacial score (nSPS) is 12.8. The third kappa shape index (κ3) is 5.75. The maximum Gasteiger partial charge on any atom is 0.339 e. The van der Waals surface area contributed by atoms with Crippen LogP contribution in [0.15, 0.2) is 71.4 Å². The topological polar surface area (TPSA) is 140 Å². The number of aryl methyl sites for hydroxylation is 1.